The van der Waals surface area contributed by atoms with Crippen molar-refractivity contribution < 1.29 is 18.4 Å². The number of rotatable bonds is 5. The van der Waals surface area contributed by atoms with Crippen LogP contribution in [0.5, 0.6) is 0 Å². The van der Waals surface area contributed by atoms with Crippen molar-refractivity contribution in [2.75, 3.05) is 11.9 Å². The highest BCUT2D eigenvalue weighted by molar-refractivity contribution is 6.16. The minimum Gasteiger partial charge on any atom is -0.462 e. The maximum Gasteiger partial charge on any atom is 0.360 e. The minimum atomic E-state index is -0.701. The number of aryl methyl sites for hydroxylation is 1. The lowest BCUT2D eigenvalue weighted by molar-refractivity contribution is -0.136. The van der Waals surface area contributed by atoms with E-state index in [9.17, 15) is 14.4 Å². The summed E-state index contributed by atoms with van der Waals surface area (Å²) in [6.07, 6.45) is 2.81. The van der Waals surface area contributed by atoms with Gasteiger partial charge in [-0.1, -0.05) is 6.07 Å². The third kappa shape index (κ3) is 3.95. The molecule has 3 aromatic heterocycles. The molecule has 0 radical (unpaired) electrons. The normalized spacial score (nSPS) is 11.4. The summed E-state index contributed by atoms with van der Waals surface area (Å²) in [5.41, 5.74) is -0.754. The van der Waals surface area contributed by atoms with Crippen LogP contribution in [0, 0.1) is 6.92 Å². The lowest BCUT2D eigenvalue weighted by atomic mass is 10.2. The smallest absolute Gasteiger partial charge is 0.360 e. The monoisotopic (exact) mass is 368 g/mol. The van der Waals surface area contributed by atoms with Gasteiger partial charge in [-0.15, -0.1) is 0 Å². The summed E-state index contributed by atoms with van der Waals surface area (Å²) in [6, 6.07) is 7.82. The Bertz CT molecular complexity index is 1130. The molecule has 0 fully saturated rings. The summed E-state index contributed by atoms with van der Waals surface area (Å²) < 4.78 is 15.2. The van der Waals surface area contributed by atoms with Crippen LogP contribution in [0.4, 0.5) is 5.69 Å². The van der Waals surface area contributed by atoms with Gasteiger partial charge >= 0.3 is 17.2 Å². The molecule has 0 saturated heterocycles. The Morgan fingerprint density at radius 1 is 1.22 bits per heavy atom. The number of carbonyl (C=O) groups excluding carboxylic acids is 1. The van der Waals surface area contributed by atoms with Crippen molar-refractivity contribution in [1.29, 1.82) is 0 Å². The average Bonchev–Trinajstić information content (AvgIpc) is 2.63. The van der Waals surface area contributed by atoms with E-state index in [1.807, 2.05) is 0 Å². The first-order chi connectivity index (χ1) is 13.0. The van der Waals surface area contributed by atoms with Gasteiger partial charge in [0.2, 0.25) is 0 Å². The zero-order chi connectivity index (χ0) is 19.4. The first-order valence-electron chi connectivity index (χ1n) is 8.13. The fourth-order valence-electron chi connectivity index (χ4n) is 2.39. The topological polar surface area (TPSA) is 112 Å². The third-order valence-corrected chi connectivity index (χ3v) is 3.59. The number of nitrogens with zero attached hydrogens (tertiary/aromatic N) is 1. The molecule has 0 saturated carbocycles. The molecule has 138 valence electrons. The van der Waals surface area contributed by atoms with E-state index in [1.54, 1.807) is 32.0 Å². The lowest BCUT2D eigenvalue weighted by Crippen LogP contribution is -2.13. The van der Waals surface area contributed by atoms with Gasteiger partial charge in [0.05, 0.1) is 12.3 Å². The molecule has 3 heterocycles. The van der Waals surface area contributed by atoms with Crippen LogP contribution in [0.25, 0.3) is 16.5 Å². The van der Waals surface area contributed by atoms with Gasteiger partial charge < -0.3 is 18.9 Å². The molecular formula is C19H16N2O6. The number of carbonyl (C=O) groups is 1. The van der Waals surface area contributed by atoms with Crippen LogP contribution < -0.4 is 16.6 Å². The second kappa shape index (κ2) is 7.69. The summed E-state index contributed by atoms with van der Waals surface area (Å²) in [6.45, 7) is 3.44. The van der Waals surface area contributed by atoms with Crippen LogP contribution in [0.15, 0.2) is 61.2 Å². The number of hydrogen-bond donors (Lipinski definition) is 1. The molecule has 3 rings (SSSR count). The van der Waals surface area contributed by atoms with Gasteiger partial charge in [0, 0.05) is 18.5 Å². The van der Waals surface area contributed by atoms with E-state index in [0.717, 1.165) is 0 Å². The van der Waals surface area contributed by atoms with Crippen LogP contribution in [0.1, 0.15) is 18.4 Å². The molecule has 0 aliphatic carbocycles. The van der Waals surface area contributed by atoms with Crippen molar-refractivity contribution in [2.24, 2.45) is 0 Å². The first-order valence-corrected chi connectivity index (χ1v) is 8.13. The van der Waals surface area contributed by atoms with Crippen molar-refractivity contribution in [3.05, 3.63) is 75.0 Å². The molecule has 0 atom stereocenters. The van der Waals surface area contributed by atoms with Crippen LogP contribution in [0.3, 0.4) is 0 Å². The standard InChI is InChI=1S/C19H16N2O6/c1-3-25-17(22)13(14-6-4-5-7-20-14)10-21-15-9-12-16(27-19(15)24)8-11(2)26-18(12)23/h4-10,21H,3H2,1-2H3. The fourth-order valence-corrected chi connectivity index (χ4v) is 2.39. The highest BCUT2D eigenvalue weighted by Gasteiger charge is 2.15. The quantitative estimate of drug-likeness (QED) is 0.540. The van der Waals surface area contributed by atoms with Crippen LogP contribution in [-0.2, 0) is 9.53 Å². The maximum absolute atomic E-state index is 12.2. The number of fused-ring (bicyclic) bond motifs is 1. The Morgan fingerprint density at radius 2 is 2.04 bits per heavy atom. The van der Waals surface area contributed by atoms with Gasteiger partial charge in [-0.25, -0.2) is 14.4 Å². The summed E-state index contributed by atoms with van der Waals surface area (Å²) in [7, 11) is 0. The van der Waals surface area contributed by atoms with Crippen LogP contribution >= 0.6 is 0 Å². The molecule has 27 heavy (non-hydrogen) atoms. The summed E-state index contributed by atoms with van der Waals surface area (Å²) in [5.74, 6) is -0.278. The van der Waals surface area contributed by atoms with Crippen molar-refractivity contribution >= 4 is 28.2 Å². The van der Waals surface area contributed by atoms with E-state index in [1.165, 1.54) is 24.5 Å². The number of anilines is 1. The number of ether oxygens (including phenoxy) is 1. The Morgan fingerprint density at radius 3 is 2.74 bits per heavy atom. The van der Waals surface area contributed by atoms with Gasteiger partial charge in [-0.05, 0) is 32.0 Å². The Labute approximate surface area is 153 Å². The molecular weight excluding hydrogens is 352 g/mol. The molecule has 0 aliphatic rings. The molecule has 1 N–H and O–H groups in total. The van der Waals surface area contributed by atoms with E-state index >= 15 is 0 Å². The van der Waals surface area contributed by atoms with Crippen LogP contribution in [-0.4, -0.2) is 17.6 Å². The molecule has 0 aliphatic heterocycles. The molecule has 0 spiro atoms. The molecule has 3 aromatic rings. The Balaban J connectivity index is 2.03. The number of nitrogens with one attached hydrogen (secondary N) is 1. The highest BCUT2D eigenvalue weighted by Crippen LogP contribution is 2.17. The first kappa shape index (κ1) is 18.1. The van der Waals surface area contributed by atoms with E-state index in [0.29, 0.717) is 11.5 Å². The van der Waals surface area contributed by atoms with Gasteiger partial charge in [0.15, 0.2) is 0 Å². The number of esters is 1. The van der Waals surface area contributed by atoms with E-state index in [-0.39, 0.29) is 28.8 Å². The second-order valence-electron chi connectivity index (χ2n) is 5.51. The number of aromatic nitrogens is 1. The van der Waals surface area contributed by atoms with E-state index in [2.05, 4.69) is 10.3 Å². The largest absolute Gasteiger partial charge is 0.462 e. The predicted molar refractivity (Wildman–Crippen MR) is 98.2 cm³/mol. The van der Waals surface area contributed by atoms with Crippen molar-refractivity contribution in [2.45, 2.75) is 13.8 Å². The van der Waals surface area contributed by atoms with E-state index < -0.39 is 17.2 Å². The van der Waals surface area contributed by atoms with E-state index in [4.69, 9.17) is 13.6 Å². The second-order valence-corrected chi connectivity index (χ2v) is 5.51. The maximum atomic E-state index is 12.2. The van der Waals surface area contributed by atoms with Crippen molar-refractivity contribution in [3.8, 4) is 0 Å². The lowest BCUT2D eigenvalue weighted by Gasteiger charge is -2.07. The molecule has 0 bridgehead atoms. The molecule has 0 aromatic carbocycles. The highest BCUT2D eigenvalue weighted by atomic mass is 16.5. The zero-order valence-electron chi connectivity index (χ0n) is 14.6. The zero-order valence-corrected chi connectivity index (χ0v) is 14.6. The Kier molecular flexibility index (Phi) is 5.16. The average molecular weight is 368 g/mol. The van der Waals surface area contributed by atoms with Gasteiger partial charge in [-0.2, -0.15) is 0 Å². The molecule has 0 unspecified atom stereocenters. The van der Waals surface area contributed by atoms with Crippen molar-refractivity contribution in [1.82, 2.24) is 4.98 Å². The molecule has 0 amide bonds. The SMILES string of the molecule is CCOC(=O)C(=CNc1cc2c(=O)oc(C)cc2oc1=O)c1ccccn1. The van der Waals surface area contributed by atoms with Gasteiger partial charge in [0.25, 0.3) is 0 Å². The number of hydrogen-bond acceptors (Lipinski definition) is 8. The molecule has 8 heteroatoms. The predicted octanol–water partition coefficient (Wildman–Crippen LogP) is 2.47. The number of pyridine rings is 1. The molecule has 8 nitrogen and oxygen atoms in total. The van der Waals surface area contributed by atoms with Crippen LogP contribution in [0.2, 0.25) is 0 Å². The third-order valence-electron chi connectivity index (χ3n) is 3.59. The summed E-state index contributed by atoms with van der Waals surface area (Å²) in [4.78, 5) is 40.5. The van der Waals surface area contributed by atoms with Gasteiger partial charge in [-0.3, -0.25) is 4.98 Å². The van der Waals surface area contributed by atoms with Crippen molar-refractivity contribution in [3.63, 3.8) is 0 Å². The van der Waals surface area contributed by atoms with Gasteiger partial charge in [0.1, 0.15) is 28.0 Å². The summed E-state index contributed by atoms with van der Waals surface area (Å²) >= 11 is 0. The fraction of sp³-hybridized carbons (Fsp3) is 0.158. The Hall–Kier alpha value is -3.68. The summed E-state index contributed by atoms with van der Waals surface area (Å²) in [5, 5.41) is 2.80. The minimum absolute atomic E-state index is 0.0311.